The lowest BCUT2D eigenvalue weighted by Crippen LogP contribution is -2.33. The Bertz CT molecular complexity index is 326. The highest BCUT2D eigenvalue weighted by molar-refractivity contribution is 7.80. The molecule has 1 heterocycles. The molecule has 0 aromatic heterocycles. The molecule has 18 heavy (non-hydrogen) atoms. The molecule has 1 aliphatic heterocycles. The van der Waals surface area contributed by atoms with Gasteiger partial charge < -0.3 is 10.0 Å². The molecule has 4 nitrogen and oxygen atoms in total. The molecule has 1 atom stereocenters. The summed E-state index contributed by atoms with van der Waals surface area (Å²) in [6.45, 7) is 1.65. The van der Waals surface area contributed by atoms with Crippen LogP contribution in [0.5, 0.6) is 0 Å². The highest BCUT2D eigenvalue weighted by Gasteiger charge is 2.32. The number of carboxylic acids is 1. The quantitative estimate of drug-likeness (QED) is 0.765. The van der Waals surface area contributed by atoms with E-state index in [0.717, 1.165) is 44.5 Å². The first kappa shape index (κ1) is 13.7. The molecule has 1 N–H and O–H groups in total. The van der Waals surface area contributed by atoms with Gasteiger partial charge in [-0.05, 0) is 43.3 Å². The number of rotatable bonds is 4. The van der Waals surface area contributed by atoms with Crippen molar-refractivity contribution in [1.82, 2.24) is 4.90 Å². The van der Waals surface area contributed by atoms with Crippen molar-refractivity contribution in [2.24, 2.45) is 17.8 Å². The van der Waals surface area contributed by atoms with Crippen LogP contribution in [0.25, 0.3) is 0 Å². The van der Waals surface area contributed by atoms with E-state index in [0.29, 0.717) is 18.3 Å². The van der Waals surface area contributed by atoms with Crippen molar-refractivity contribution in [2.45, 2.75) is 32.1 Å². The van der Waals surface area contributed by atoms with Crippen LogP contribution >= 0.6 is 12.6 Å². The van der Waals surface area contributed by atoms with Crippen molar-refractivity contribution >= 4 is 24.5 Å². The van der Waals surface area contributed by atoms with Gasteiger partial charge in [0.1, 0.15) is 0 Å². The summed E-state index contributed by atoms with van der Waals surface area (Å²) < 4.78 is 0. The summed E-state index contributed by atoms with van der Waals surface area (Å²) in [5.74, 6) is 1.07. The SMILES string of the molecule is O=C(O)C1CCC(CN2CC(CS)CC2=O)CC1. The molecule has 2 aliphatic rings. The number of carbonyl (C=O) groups is 2. The molecule has 102 valence electrons. The summed E-state index contributed by atoms with van der Waals surface area (Å²) in [5, 5.41) is 8.94. The first-order chi connectivity index (χ1) is 8.60. The van der Waals surface area contributed by atoms with Crippen molar-refractivity contribution < 1.29 is 14.7 Å². The molecule has 1 unspecified atom stereocenters. The van der Waals surface area contributed by atoms with Crippen LogP contribution < -0.4 is 0 Å². The molecule has 1 amide bonds. The summed E-state index contributed by atoms with van der Waals surface area (Å²) >= 11 is 4.25. The maximum atomic E-state index is 11.8. The molecule has 1 aliphatic carbocycles. The average Bonchev–Trinajstić information content (AvgIpc) is 2.71. The third-order valence-electron chi connectivity index (χ3n) is 4.23. The predicted molar refractivity (Wildman–Crippen MR) is 71.6 cm³/mol. The molecule has 0 aromatic carbocycles. The summed E-state index contributed by atoms with van der Waals surface area (Å²) in [6, 6.07) is 0. The van der Waals surface area contributed by atoms with Crippen LogP contribution in [0.1, 0.15) is 32.1 Å². The zero-order valence-electron chi connectivity index (χ0n) is 10.5. The Morgan fingerprint density at radius 3 is 2.44 bits per heavy atom. The largest absolute Gasteiger partial charge is 0.481 e. The van der Waals surface area contributed by atoms with Crippen molar-refractivity contribution in [1.29, 1.82) is 0 Å². The van der Waals surface area contributed by atoms with Crippen LogP contribution in [0, 0.1) is 17.8 Å². The Hall–Kier alpha value is -0.710. The minimum atomic E-state index is -0.666. The molecule has 0 spiro atoms. The molecular weight excluding hydrogens is 250 g/mol. The standard InChI is InChI=1S/C13H21NO3S/c15-12-5-10(8-18)7-14(12)6-9-1-3-11(4-2-9)13(16)17/h9-11,18H,1-8H2,(H,16,17). The maximum Gasteiger partial charge on any atom is 0.306 e. The van der Waals surface area contributed by atoms with Crippen molar-refractivity contribution in [3.05, 3.63) is 0 Å². The molecule has 5 heteroatoms. The number of likely N-dealkylation sites (tertiary alicyclic amines) is 1. The van der Waals surface area contributed by atoms with Gasteiger partial charge in [-0.15, -0.1) is 0 Å². The predicted octanol–water partition coefficient (Wildman–Crippen LogP) is 1.66. The molecular formula is C13H21NO3S. The Labute approximate surface area is 113 Å². The maximum absolute atomic E-state index is 11.8. The fraction of sp³-hybridized carbons (Fsp3) is 0.846. The highest BCUT2D eigenvalue weighted by Crippen LogP contribution is 2.31. The van der Waals surface area contributed by atoms with Gasteiger partial charge in [-0.25, -0.2) is 0 Å². The van der Waals surface area contributed by atoms with E-state index in [1.165, 1.54) is 0 Å². The Morgan fingerprint density at radius 2 is 1.94 bits per heavy atom. The fourth-order valence-electron chi connectivity index (χ4n) is 3.06. The second-order valence-electron chi connectivity index (χ2n) is 5.61. The van der Waals surface area contributed by atoms with Gasteiger partial charge in [0.2, 0.25) is 5.91 Å². The Kier molecular flexibility index (Phi) is 4.54. The van der Waals surface area contributed by atoms with Crippen LogP contribution in [-0.4, -0.2) is 40.7 Å². The summed E-state index contributed by atoms with van der Waals surface area (Å²) in [4.78, 5) is 24.6. The summed E-state index contributed by atoms with van der Waals surface area (Å²) in [5.41, 5.74) is 0. The average molecular weight is 271 g/mol. The minimum absolute atomic E-state index is 0.166. The van der Waals surface area contributed by atoms with Gasteiger partial charge in [0.15, 0.2) is 0 Å². The van der Waals surface area contributed by atoms with Crippen LogP contribution in [-0.2, 0) is 9.59 Å². The highest BCUT2D eigenvalue weighted by atomic mass is 32.1. The smallest absolute Gasteiger partial charge is 0.306 e. The third-order valence-corrected chi connectivity index (χ3v) is 4.74. The van der Waals surface area contributed by atoms with E-state index in [2.05, 4.69) is 12.6 Å². The zero-order valence-corrected chi connectivity index (χ0v) is 11.4. The van der Waals surface area contributed by atoms with E-state index in [4.69, 9.17) is 5.11 Å². The third kappa shape index (κ3) is 3.19. The molecule has 0 bridgehead atoms. The first-order valence-corrected chi connectivity index (χ1v) is 7.34. The molecule has 0 radical (unpaired) electrons. The van der Waals surface area contributed by atoms with E-state index in [-0.39, 0.29) is 11.8 Å². The molecule has 0 aromatic rings. The lowest BCUT2D eigenvalue weighted by Gasteiger charge is -2.29. The van der Waals surface area contributed by atoms with Gasteiger partial charge in [0.05, 0.1) is 5.92 Å². The molecule has 2 rings (SSSR count). The van der Waals surface area contributed by atoms with Gasteiger partial charge in [0.25, 0.3) is 0 Å². The fourth-order valence-corrected chi connectivity index (χ4v) is 3.30. The van der Waals surface area contributed by atoms with Crippen LogP contribution in [0.3, 0.4) is 0 Å². The van der Waals surface area contributed by atoms with E-state index in [9.17, 15) is 9.59 Å². The van der Waals surface area contributed by atoms with Crippen molar-refractivity contribution in [2.75, 3.05) is 18.8 Å². The van der Waals surface area contributed by atoms with Gasteiger partial charge in [-0.3, -0.25) is 9.59 Å². The number of amides is 1. The zero-order chi connectivity index (χ0) is 13.1. The second kappa shape index (κ2) is 5.95. The van der Waals surface area contributed by atoms with Gasteiger partial charge >= 0.3 is 5.97 Å². The minimum Gasteiger partial charge on any atom is -0.481 e. The lowest BCUT2D eigenvalue weighted by molar-refractivity contribution is -0.143. The van der Waals surface area contributed by atoms with Crippen LogP contribution in [0.15, 0.2) is 0 Å². The number of nitrogens with zero attached hydrogens (tertiary/aromatic N) is 1. The van der Waals surface area contributed by atoms with E-state index in [1.807, 2.05) is 4.90 Å². The second-order valence-corrected chi connectivity index (χ2v) is 5.97. The number of carbonyl (C=O) groups excluding carboxylic acids is 1. The van der Waals surface area contributed by atoms with Gasteiger partial charge in [-0.2, -0.15) is 12.6 Å². The van der Waals surface area contributed by atoms with E-state index >= 15 is 0 Å². The van der Waals surface area contributed by atoms with Gasteiger partial charge in [0, 0.05) is 19.5 Å². The normalized spacial score (nSPS) is 32.8. The monoisotopic (exact) mass is 271 g/mol. The number of hydrogen-bond donors (Lipinski definition) is 2. The van der Waals surface area contributed by atoms with Crippen LogP contribution in [0.2, 0.25) is 0 Å². The van der Waals surface area contributed by atoms with E-state index in [1.54, 1.807) is 0 Å². The molecule has 2 fully saturated rings. The van der Waals surface area contributed by atoms with E-state index < -0.39 is 5.97 Å². The number of thiol groups is 1. The molecule has 1 saturated carbocycles. The first-order valence-electron chi connectivity index (χ1n) is 6.71. The lowest BCUT2D eigenvalue weighted by atomic mass is 9.82. The van der Waals surface area contributed by atoms with Crippen molar-refractivity contribution in [3.63, 3.8) is 0 Å². The number of aliphatic carboxylic acids is 1. The summed E-state index contributed by atoms with van der Waals surface area (Å²) in [7, 11) is 0. The number of hydrogen-bond acceptors (Lipinski definition) is 3. The topological polar surface area (TPSA) is 57.6 Å². The molecule has 1 saturated heterocycles. The Morgan fingerprint density at radius 1 is 1.28 bits per heavy atom. The van der Waals surface area contributed by atoms with Crippen molar-refractivity contribution in [3.8, 4) is 0 Å². The van der Waals surface area contributed by atoms with Crippen LogP contribution in [0.4, 0.5) is 0 Å². The number of carboxylic acid groups (broad SMARTS) is 1. The van der Waals surface area contributed by atoms with Gasteiger partial charge in [-0.1, -0.05) is 0 Å². The summed E-state index contributed by atoms with van der Waals surface area (Å²) in [6.07, 6.45) is 4.03. The Balaban J connectivity index is 1.78.